The van der Waals surface area contributed by atoms with Crippen LogP contribution in [0.15, 0.2) is 71.8 Å². The summed E-state index contributed by atoms with van der Waals surface area (Å²) in [6, 6.07) is 18.4. The Morgan fingerprint density at radius 2 is 1.58 bits per heavy atom. The van der Waals surface area contributed by atoms with E-state index in [1.165, 1.54) is 3.97 Å². The molecule has 0 atom stereocenters. The zero-order chi connectivity index (χ0) is 18.6. The van der Waals surface area contributed by atoms with Crippen molar-refractivity contribution < 1.29 is 8.42 Å². The molecule has 26 heavy (non-hydrogen) atoms. The van der Waals surface area contributed by atoms with E-state index in [9.17, 15) is 8.42 Å². The number of rotatable bonds is 7. The normalized spacial score (nSPS) is 11.6. The molecule has 4 nitrogen and oxygen atoms in total. The molecule has 0 bridgehead atoms. The minimum Gasteiger partial charge on any atom is -0.316 e. The predicted molar refractivity (Wildman–Crippen MR) is 106 cm³/mol. The van der Waals surface area contributed by atoms with Crippen LogP contribution in [0.5, 0.6) is 0 Å². The molecule has 1 heterocycles. The van der Waals surface area contributed by atoms with Gasteiger partial charge in [-0.15, -0.1) is 0 Å². The predicted octanol–water partition coefficient (Wildman–Crippen LogP) is 4.06. The molecular formula is C21H24N2O2S. The van der Waals surface area contributed by atoms with Gasteiger partial charge in [0.2, 0.25) is 0 Å². The van der Waals surface area contributed by atoms with Gasteiger partial charge in [0.25, 0.3) is 10.0 Å². The summed E-state index contributed by atoms with van der Waals surface area (Å²) in [7, 11) is -1.79. The lowest BCUT2D eigenvalue weighted by molar-refractivity contribution is 0.588. The minimum absolute atomic E-state index is 0.297. The van der Waals surface area contributed by atoms with Gasteiger partial charge in [-0.2, -0.15) is 0 Å². The number of benzene rings is 2. The second kappa shape index (κ2) is 7.89. The largest absolute Gasteiger partial charge is 0.316 e. The van der Waals surface area contributed by atoms with Gasteiger partial charge in [-0.25, -0.2) is 12.4 Å². The van der Waals surface area contributed by atoms with E-state index in [1.807, 2.05) is 43.4 Å². The maximum Gasteiger partial charge on any atom is 0.268 e. The van der Waals surface area contributed by atoms with Crippen molar-refractivity contribution in [1.82, 2.24) is 9.29 Å². The van der Waals surface area contributed by atoms with Crippen molar-refractivity contribution in [2.24, 2.45) is 0 Å². The number of hydrogen-bond acceptors (Lipinski definition) is 3. The van der Waals surface area contributed by atoms with Crippen LogP contribution < -0.4 is 5.32 Å². The monoisotopic (exact) mass is 368 g/mol. The molecule has 0 radical (unpaired) electrons. The molecule has 3 aromatic rings. The van der Waals surface area contributed by atoms with Gasteiger partial charge in [0.05, 0.1) is 10.6 Å². The summed E-state index contributed by atoms with van der Waals surface area (Å²) in [6.07, 6.45) is 3.55. The van der Waals surface area contributed by atoms with E-state index in [0.29, 0.717) is 11.4 Å². The van der Waals surface area contributed by atoms with Crippen molar-refractivity contribution in [3.63, 3.8) is 0 Å². The molecule has 2 aromatic carbocycles. The van der Waals surface area contributed by atoms with Gasteiger partial charge in [-0.3, -0.25) is 0 Å². The molecule has 0 aliphatic heterocycles. The highest BCUT2D eigenvalue weighted by Gasteiger charge is 2.25. The fourth-order valence-electron chi connectivity index (χ4n) is 3.23. The van der Waals surface area contributed by atoms with E-state index in [-0.39, 0.29) is 0 Å². The number of aromatic nitrogens is 1. The Kier molecular flexibility index (Phi) is 5.59. The van der Waals surface area contributed by atoms with Gasteiger partial charge in [-0.05, 0) is 42.3 Å². The lowest BCUT2D eigenvalue weighted by Gasteiger charge is -2.13. The first kappa shape index (κ1) is 18.4. The fraction of sp³-hybridized carbons (Fsp3) is 0.238. The third kappa shape index (κ3) is 3.45. The van der Waals surface area contributed by atoms with Gasteiger partial charge in [-0.1, -0.05) is 61.9 Å². The highest BCUT2D eigenvalue weighted by atomic mass is 32.2. The number of nitrogens with zero attached hydrogens (tertiary/aromatic N) is 1. The van der Waals surface area contributed by atoms with Gasteiger partial charge in [0.15, 0.2) is 0 Å². The van der Waals surface area contributed by atoms with Crippen LogP contribution in [0.1, 0.15) is 24.5 Å². The summed E-state index contributed by atoms with van der Waals surface area (Å²) in [4.78, 5) is 0.297. The first-order valence-electron chi connectivity index (χ1n) is 8.83. The van der Waals surface area contributed by atoms with E-state index in [1.54, 1.807) is 30.5 Å². The van der Waals surface area contributed by atoms with Crippen molar-refractivity contribution in [2.75, 3.05) is 7.05 Å². The van der Waals surface area contributed by atoms with Crippen molar-refractivity contribution in [1.29, 1.82) is 0 Å². The summed E-state index contributed by atoms with van der Waals surface area (Å²) in [6.45, 7) is 2.74. The fourth-order valence-corrected chi connectivity index (χ4v) is 4.68. The first-order chi connectivity index (χ1) is 12.6. The Labute approximate surface area is 155 Å². The topological polar surface area (TPSA) is 51.1 Å². The molecule has 0 fully saturated rings. The maximum atomic E-state index is 13.3. The smallest absolute Gasteiger partial charge is 0.268 e. The molecule has 0 saturated carbocycles. The third-order valence-electron chi connectivity index (χ3n) is 4.38. The Hall–Kier alpha value is -2.37. The first-order valence-corrected chi connectivity index (χ1v) is 10.3. The Morgan fingerprint density at radius 1 is 0.962 bits per heavy atom. The molecule has 1 N–H and O–H groups in total. The molecule has 136 valence electrons. The molecule has 0 amide bonds. The second-order valence-electron chi connectivity index (χ2n) is 6.24. The molecule has 5 heteroatoms. The van der Waals surface area contributed by atoms with Crippen LogP contribution in [0.25, 0.3) is 11.3 Å². The molecule has 3 rings (SSSR count). The molecule has 0 aliphatic carbocycles. The summed E-state index contributed by atoms with van der Waals surface area (Å²) in [5, 5.41) is 3.16. The maximum absolute atomic E-state index is 13.3. The van der Waals surface area contributed by atoms with Crippen LogP contribution in [-0.4, -0.2) is 19.4 Å². The molecule has 1 aromatic heterocycles. The van der Waals surface area contributed by atoms with Crippen LogP contribution in [0.2, 0.25) is 0 Å². The van der Waals surface area contributed by atoms with Crippen molar-refractivity contribution in [2.45, 2.75) is 31.2 Å². The second-order valence-corrected chi connectivity index (χ2v) is 8.06. The highest BCUT2D eigenvalue weighted by molar-refractivity contribution is 7.90. The standard InChI is InChI=1S/C21H24N2O2S/c1-3-10-20-18(15-22-2)16-23(21(20)17-11-6-4-7-12-17)26(24,25)19-13-8-5-9-14-19/h4-9,11-14,16,22H,3,10,15H2,1-2H3. The summed E-state index contributed by atoms with van der Waals surface area (Å²) < 4.78 is 28.1. The zero-order valence-electron chi connectivity index (χ0n) is 15.1. The third-order valence-corrected chi connectivity index (χ3v) is 6.06. The zero-order valence-corrected chi connectivity index (χ0v) is 16.0. The summed E-state index contributed by atoms with van der Waals surface area (Å²) in [5.74, 6) is 0. The van der Waals surface area contributed by atoms with Gasteiger partial charge >= 0.3 is 0 Å². The lowest BCUT2D eigenvalue weighted by Crippen LogP contribution is -2.13. The summed E-state index contributed by atoms with van der Waals surface area (Å²) >= 11 is 0. The van der Waals surface area contributed by atoms with Crippen LogP contribution in [0, 0.1) is 0 Å². The van der Waals surface area contributed by atoms with E-state index < -0.39 is 10.0 Å². The van der Waals surface area contributed by atoms with E-state index in [2.05, 4.69) is 12.2 Å². The molecule has 0 spiro atoms. The quantitative estimate of drug-likeness (QED) is 0.684. The Bertz CT molecular complexity index is 962. The van der Waals surface area contributed by atoms with Gasteiger partial charge in [0.1, 0.15) is 0 Å². The van der Waals surface area contributed by atoms with Crippen molar-refractivity contribution in [3.05, 3.63) is 78.0 Å². The lowest BCUT2D eigenvalue weighted by atomic mass is 10.0. The summed E-state index contributed by atoms with van der Waals surface area (Å²) in [5.41, 5.74) is 3.79. The highest BCUT2D eigenvalue weighted by Crippen LogP contribution is 2.32. The van der Waals surface area contributed by atoms with Gasteiger partial charge < -0.3 is 5.32 Å². The Balaban J connectivity index is 2.29. The number of hydrogen-bond donors (Lipinski definition) is 1. The molecular weight excluding hydrogens is 344 g/mol. The molecule has 0 aliphatic rings. The minimum atomic E-state index is -3.67. The average Bonchev–Trinajstić information content (AvgIpc) is 3.03. The average molecular weight is 369 g/mol. The van der Waals surface area contributed by atoms with Crippen LogP contribution in [-0.2, 0) is 23.0 Å². The van der Waals surface area contributed by atoms with Gasteiger partial charge in [0, 0.05) is 12.7 Å². The van der Waals surface area contributed by atoms with Crippen LogP contribution >= 0.6 is 0 Å². The van der Waals surface area contributed by atoms with E-state index in [0.717, 1.165) is 35.2 Å². The molecule has 0 saturated heterocycles. The van der Waals surface area contributed by atoms with Crippen molar-refractivity contribution >= 4 is 10.0 Å². The van der Waals surface area contributed by atoms with Crippen LogP contribution in [0.3, 0.4) is 0 Å². The van der Waals surface area contributed by atoms with E-state index in [4.69, 9.17) is 0 Å². The van der Waals surface area contributed by atoms with E-state index >= 15 is 0 Å². The van der Waals surface area contributed by atoms with Crippen LogP contribution in [0.4, 0.5) is 0 Å². The molecule has 0 unspecified atom stereocenters. The SMILES string of the molecule is CCCc1c(CNC)cn(S(=O)(=O)c2ccccc2)c1-c1ccccc1. The van der Waals surface area contributed by atoms with Crippen molar-refractivity contribution in [3.8, 4) is 11.3 Å². The Morgan fingerprint density at radius 3 is 2.15 bits per heavy atom. The number of nitrogens with one attached hydrogen (secondary N) is 1.